The summed E-state index contributed by atoms with van der Waals surface area (Å²) in [7, 11) is -1.24. The first kappa shape index (κ1) is 28.2. The molecule has 1 amide bonds. The van der Waals surface area contributed by atoms with Gasteiger partial charge in [0, 0.05) is 24.9 Å². The largest absolute Gasteiger partial charge is 0.481 e. The van der Waals surface area contributed by atoms with E-state index in [9.17, 15) is 26.4 Å². The Hall–Kier alpha value is -3.37. The van der Waals surface area contributed by atoms with E-state index in [1.807, 2.05) is 6.07 Å². The fourth-order valence-corrected chi connectivity index (χ4v) is 6.03. The van der Waals surface area contributed by atoms with E-state index in [4.69, 9.17) is 19.8 Å². The van der Waals surface area contributed by atoms with Gasteiger partial charge >= 0.3 is 12.3 Å². The number of amides is 1. The van der Waals surface area contributed by atoms with Crippen LogP contribution in [0.1, 0.15) is 37.7 Å². The molecule has 0 spiro atoms. The predicted molar refractivity (Wildman–Crippen MR) is 126 cm³/mol. The fraction of sp³-hybridized carbons (Fsp3) is 0.458. The van der Waals surface area contributed by atoms with Crippen molar-refractivity contribution in [2.45, 2.75) is 60.1 Å². The first-order valence-electron chi connectivity index (χ1n) is 11.3. The minimum Gasteiger partial charge on any atom is -0.481 e. The van der Waals surface area contributed by atoms with E-state index < -0.39 is 43.4 Å². The zero-order chi connectivity index (χ0) is 27.4. The summed E-state index contributed by atoms with van der Waals surface area (Å²) in [6.07, 6.45) is -2.51. The number of halogens is 3. The lowest BCUT2D eigenvalue weighted by Gasteiger charge is -2.18. The second-order valence-electron chi connectivity index (χ2n) is 8.76. The quantitative estimate of drug-likeness (QED) is 0.548. The molecule has 2 aliphatic rings. The second-order valence-corrected chi connectivity index (χ2v) is 11.0. The summed E-state index contributed by atoms with van der Waals surface area (Å²) in [6, 6.07) is 8.25. The lowest BCUT2D eigenvalue weighted by molar-refractivity contribution is -0.139. The number of hydrogen-bond donors (Lipinski definition) is 2. The van der Waals surface area contributed by atoms with Gasteiger partial charge in [-0.05, 0) is 55.9 Å². The van der Waals surface area contributed by atoms with Crippen molar-refractivity contribution in [3.8, 4) is 23.1 Å². The van der Waals surface area contributed by atoms with E-state index in [2.05, 4.69) is 10.3 Å². The number of alkyl halides is 3. The molecular formula is C24H26F3N3O6S. The number of hydrogen-bond acceptors (Lipinski definition) is 7. The van der Waals surface area contributed by atoms with Gasteiger partial charge in [0.1, 0.15) is 5.54 Å². The van der Waals surface area contributed by atoms with Crippen molar-refractivity contribution in [2.24, 2.45) is 0 Å². The summed E-state index contributed by atoms with van der Waals surface area (Å²) in [5.41, 5.74) is -1.24. The van der Waals surface area contributed by atoms with E-state index >= 15 is 0 Å². The average molecular weight is 542 g/mol. The molecule has 0 unspecified atom stereocenters. The van der Waals surface area contributed by atoms with Gasteiger partial charge in [-0.2, -0.15) is 18.4 Å². The van der Waals surface area contributed by atoms with Crippen LogP contribution in [0.15, 0.2) is 41.4 Å². The predicted octanol–water partition coefficient (Wildman–Crippen LogP) is 4.43. The lowest BCUT2D eigenvalue weighted by atomic mass is 10.0. The van der Waals surface area contributed by atoms with Gasteiger partial charge in [0.05, 0.1) is 35.0 Å². The van der Waals surface area contributed by atoms with E-state index in [0.29, 0.717) is 30.7 Å². The Balaban J connectivity index is 0.000000356. The zero-order valence-electron chi connectivity index (χ0n) is 20.1. The van der Waals surface area contributed by atoms with E-state index in [-0.39, 0.29) is 24.5 Å². The van der Waals surface area contributed by atoms with Gasteiger partial charge in [0.15, 0.2) is 9.84 Å². The minimum absolute atomic E-state index is 0.195. The highest BCUT2D eigenvalue weighted by atomic mass is 32.2. The highest BCUT2D eigenvalue weighted by Gasteiger charge is 2.45. The summed E-state index contributed by atoms with van der Waals surface area (Å²) in [5, 5.41) is 17.7. The Bertz CT molecular complexity index is 1270. The van der Waals surface area contributed by atoms with Crippen LogP contribution in [0.4, 0.5) is 18.0 Å². The molecule has 2 saturated carbocycles. The molecule has 37 heavy (non-hydrogen) atoms. The Labute approximate surface area is 212 Å². The highest BCUT2D eigenvalue weighted by Crippen LogP contribution is 2.40. The van der Waals surface area contributed by atoms with Crippen LogP contribution in [-0.4, -0.2) is 55.7 Å². The monoisotopic (exact) mass is 541 g/mol. The highest BCUT2D eigenvalue weighted by molar-refractivity contribution is 7.92. The van der Waals surface area contributed by atoms with Gasteiger partial charge in [-0.15, -0.1) is 0 Å². The topological polar surface area (TPSA) is 139 Å². The Morgan fingerprint density at radius 3 is 2.30 bits per heavy atom. The number of nitrogens with zero attached hydrogens (tertiary/aromatic N) is 2. The van der Waals surface area contributed by atoms with Crippen LogP contribution in [0.5, 0.6) is 5.88 Å². The molecule has 2 N–H and O–H groups in total. The summed E-state index contributed by atoms with van der Waals surface area (Å²) in [5.74, 6) is 0.327. The van der Waals surface area contributed by atoms with Crippen LogP contribution in [0.2, 0.25) is 0 Å². The number of sulfone groups is 1. The maximum Gasteiger partial charge on any atom is 0.417 e. The number of benzene rings is 1. The first-order valence-corrected chi connectivity index (χ1v) is 12.8. The van der Waals surface area contributed by atoms with Gasteiger partial charge in [0.25, 0.3) is 0 Å². The van der Waals surface area contributed by atoms with Crippen LogP contribution < -0.4 is 10.1 Å². The maximum atomic E-state index is 13.7. The molecular weight excluding hydrogens is 515 g/mol. The average Bonchev–Trinajstić information content (AvgIpc) is 3.45. The molecule has 0 saturated heterocycles. The number of carbonyl (C=O) groups is 1. The first-order chi connectivity index (χ1) is 17.3. The Kier molecular flexibility index (Phi) is 8.34. The molecule has 2 aromatic rings. The van der Waals surface area contributed by atoms with Gasteiger partial charge < -0.3 is 19.9 Å². The second kappa shape index (κ2) is 10.9. The minimum atomic E-state index is -4.81. The number of carboxylic acid groups (broad SMARTS) is 1. The molecule has 9 nitrogen and oxygen atoms in total. The Morgan fingerprint density at radius 2 is 1.86 bits per heavy atom. The molecule has 2 aliphatic carbocycles. The number of rotatable bonds is 6. The van der Waals surface area contributed by atoms with Crippen LogP contribution in [-0.2, 0) is 20.8 Å². The van der Waals surface area contributed by atoms with E-state index in [1.54, 1.807) is 6.07 Å². The lowest BCUT2D eigenvalue weighted by Crippen LogP contribution is -2.33. The molecule has 4 rings (SSSR count). The third-order valence-corrected chi connectivity index (χ3v) is 8.56. The van der Waals surface area contributed by atoms with Crippen molar-refractivity contribution in [2.75, 3.05) is 14.2 Å². The molecule has 1 heterocycles. The number of nitrogens with one attached hydrogen (secondary N) is 1. The third-order valence-electron chi connectivity index (χ3n) is 6.29. The summed E-state index contributed by atoms with van der Waals surface area (Å²) < 4.78 is 77.0. The number of aromatic nitrogens is 1. The summed E-state index contributed by atoms with van der Waals surface area (Å²) in [6.45, 7) is 0. The molecule has 0 aliphatic heterocycles. The zero-order valence-corrected chi connectivity index (χ0v) is 20.9. The Morgan fingerprint density at radius 1 is 1.19 bits per heavy atom. The standard InChI is InChI=1S/C19H20F3NO4S.C5H6N2O2/c1-26-14-5-6-15(10-14)28(24,25)17-7-3-12(9-16(17)19(20,21)22)13-4-8-18(27-2)23-11-13;6-3-5(1-2-5)7-4(8)9/h3-4,7-9,11,14-15H,5-6,10H2,1-2H3;7H,1-2H2,(H,8,9)/t14-,15-;/m0./s1. The number of methoxy groups -OCH3 is 2. The molecule has 0 bridgehead atoms. The van der Waals surface area contributed by atoms with Gasteiger partial charge in [-0.25, -0.2) is 18.2 Å². The van der Waals surface area contributed by atoms with Crippen molar-refractivity contribution in [3.63, 3.8) is 0 Å². The molecule has 1 aromatic carbocycles. The number of nitriles is 1. The SMILES string of the molecule is COc1ccc(-c2ccc(S(=O)(=O)[C@H]3CC[C@H](OC)C3)c(C(F)(F)F)c2)cn1.N#CC1(NC(=O)O)CC1. The van der Waals surface area contributed by atoms with Crippen LogP contribution in [0.25, 0.3) is 11.1 Å². The normalized spacial score (nSPS) is 20.2. The number of pyridine rings is 1. The molecule has 2 fully saturated rings. The molecule has 200 valence electrons. The summed E-state index contributed by atoms with van der Waals surface area (Å²) in [4.78, 5) is 13.2. The van der Waals surface area contributed by atoms with Gasteiger partial charge in [-0.1, -0.05) is 6.07 Å². The van der Waals surface area contributed by atoms with Crippen molar-refractivity contribution in [1.29, 1.82) is 5.26 Å². The summed E-state index contributed by atoms with van der Waals surface area (Å²) >= 11 is 0. The van der Waals surface area contributed by atoms with Gasteiger partial charge in [0.2, 0.25) is 5.88 Å². The third kappa shape index (κ3) is 6.69. The van der Waals surface area contributed by atoms with Crippen molar-refractivity contribution in [1.82, 2.24) is 10.3 Å². The van der Waals surface area contributed by atoms with Crippen molar-refractivity contribution >= 4 is 15.9 Å². The molecule has 2 atom stereocenters. The van der Waals surface area contributed by atoms with Crippen LogP contribution >= 0.6 is 0 Å². The van der Waals surface area contributed by atoms with E-state index in [0.717, 1.165) is 12.1 Å². The smallest absolute Gasteiger partial charge is 0.417 e. The van der Waals surface area contributed by atoms with Crippen LogP contribution in [0.3, 0.4) is 0 Å². The molecule has 13 heteroatoms. The van der Waals surface area contributed by atoms with Crippen molar-refractivity contribution in [3.05, 3.63) is 42.1 Å². The van der Waals surface area contributed by atoms with Gasteiger partial charge in [-0.3, -0.25) is 0 Å². The molecule has 1 aromatic heterocycles. The van der Waals surface area contributed by atoms with E-state index in [1.165, 1.54) is 32.5 Å². The van der Waals surface area contributed by atoms with Crippen molar-refractivity contribution < 1.29 is 41.0 Å². The fourth-order valence-electron chi connectivity index (χ4n) is 4.02. The maximum absolute atomic E-state index is 13.7. The number of ether oxygens (including phenoxy) is 2. The molecule has 0 radical (unpaired) electrons. The van der Waals surface area contributed by atoms with Crippen LogP contribution in [0, 0.1) is 11.3 Å².